The van der Waals surface area contributed by atoms with E-state index in [0.717, 1.165) is 30.6 Å². The van der Waals surface area contributed by atoms with Gasteiger partial charge in [-0.2, -0.15) is 0 Å². The molecule has 4 rings (SSSR count). The van der Waals surface area contributed by atoms with E-state index in [1.54, 1.807) is 36.4 Å². The van der Waals surface area contributed by atoms with Gasteiger partial charge in [-0.3, -0.25) is 29.4 Å². The highest BCUT2D eigenvalue weighted by Crippen LogP contribution is 2.28. The van der Waals surface area contributed by atoms with E-state index in [1.165, 1.54) is 12.1 Å². The molecule has 2 aliphatic rings. The van der Waals surface area contributed by atoms with Crippen LogP contribution in [0.15, 0.2) is 48.5 Å². The molecule has 0 bridgehead atoms. The minimum atomic E-state index is -1.04. The zero-order chi connectivity index (χ0) is 22.8. The van der Waals surface area contributed by atoms with Crippen molar-refractivity contribution in [2.45, 2.75) is 51.1 Å². The van der Waals surface area contributed by atoms with E-state index in [-0.39, 0.29) is 35.2 Å². The summed E-state index contributed by atoms with van der Waals surface area (Å²) in [6.07, 6.45) is 3.95. The van der Waals surface area contributed by atoms with Gasteiger partial charge in [0.1, 0.15) is 6.04 Å². The number of nitrogens with zero attached hydrogens (tertiary/aromatic N) is 2. The van der Waals surface area contributed by atoms with Crippen LogP contribution in [0.3, 0.4) is 0 Å². The zero-order valence-corrected chi connectivity index (χ0v) is 17.8. The van der Waals surface area contributed by atoms with Gasteiger partial charge in [-0.15, -0.1) is 0 Å². The van der Waals surface area contributed by atoms with Crippen LogP contribution in [0.4, 0.5) is 5.69 Å². The van der Waals surface area contributed by atoms with Crippen molar-refractivity contribution in [1.82, 2.24) is 10.2 Å². The molecule has 0 aromatic heterocycles. The van der Waals surface area contributed by atoms with Gasteiger partial charge in [0.15, 0.2) is 0 Å². The third-order valence-electron chi connectivity index (χ3n) is 6.30. The normalized spacial score (nSPS) is 21.2. The molecule has 1 heterocycles. The molecule has 1 saturated carbocycles. The van der Waals surface area contributed by atoms with Crippen molar-refractivity contribution in [3.8, 4) is 0 Å². The fourth-order valence-electron chi connectivity index (χ4n) is 4.63. The van der Waals surface area contributed by atoms with Gasteiger partial charge < -0.3 is 5.32 Å². The van der Waals surface area contributed by atoms with Crippen molar-refractivity contribution in [3.63, 3.8) is 0 Å². The van der Waals surface area contributed by atoms with E-state index in [4.69, 9.17) is 0 Å². The number of nitrogens with one attached hydrogen (secondary N) is 1. The van der Waals surface area contributed by atoms with E-state index in [1.807, 2.05) is 0 Å². The lowest BCUT2D eigenvalue weighted by atomic mass is 9.87. The Labute approximate surface area is 185 Å². The van der Waals surface area contributed by atoms with Crippen molar-refractivity contribution < 1.29 is 19.3 Å². The predicted molar refractivity (Wildman–Crippen MR) is 117 cm³/mol. The molecule has 166 valence electrons. The fraction of sp³-hybridized carbons (Fsp3) is 0.375. The number of rotatable bonds is 6. The number of amides is 3. The van der Waals surface area contributed by atoms with Crippen LogP contribution in [0.2, 0.25) is 0 Å². The van der Waals surface area contributed by atoms with E-state index >= 15 is 0 Å². The molecule has 8 heteroatoms. The molecule has 1 aliphatic heterocycles. The lowest BCUT2D eigenvalue weighted by molar-refractivity contribution is -0.384. The van der Waals surface area contributed by atoms with E-state index in [2.05, 4.69) is 12.2 Å². The maximum Gasteiger partial charge on any atom is 0.269 e. The molecule has 2 aromatic rings. The van der Waals surface area contributed by atoms with Gasteiger partial charge in [0.2, 0.25) is 5.91 Å². The summed E-state index contributed by atoms with van der Waals surface area (Å²) in [5.41, 5.74) is 1.13. The van der Waals surface area contributed by atoms with Crippen LogP contribution in [0.5, 0.6) is 0 Å². The smallest absolute Gasteiger partial charge is 0.269 e. The van der Waals surface area contributed by atoms with Crippen LogP contribution >= 0.6 is 0 Å². The number of hydrogen-bond donors (Lipinski definition) is 1. The number of nitro groups is 1. The predicted octanol–water partition coefficient (Wildman–Crippen LogP) is 3.50. The SMILES string of the molecule is CC1CCCC(NC(=O)C(Cc2ccc([N+](=O)[O-])cc2)N2C(=O)c3ccccc3C2=O)C1. The third kappa shape index (κ3) is 4.26. The second kappa shape index (κ2) is 8.90. The standard InChI is InChI=1S/C24H25N3O5/c1-15-5-4-6-17(13-15)25-22(28)21(14-16-9-11-18(12-10-16)27(31)32)26-23(29)19-7-2-3-8-20(19)24(26)30/h2-3,7-12,15,17,21H,4-6,13-14H2,1H3,(H,25,28). The maximum absolute atomic E-state index is 13.4. The Hall–Kier alpha value is -3.55. The van der Waals surface area contributed by atoms with E-state index < -0.39 is 22.8 Å². The zero-order valence-electron chi connectivity index (χ0n) is 17.8. The van der Waals surface area contributed by atoms with Gasteiger partial charge in [0, 0.05) is 24.6 Å². The highest BCUT2D eigenvalue weighted by molar-refractivity contribution is 6.22. The Bertz CT molecular complexity index is 1030. The fourth-order valence-corrected chi connectivity index (χ4v) is 4.63. The molecule has 3 atom stereocenters. The summed E-state index contributed by atoms with van der Waals surface area (Å²) in [7, 11) is 0. The number of imide groups is 1. The lowest BCUT2D eigenvalue weighted by Crippen LogP contribution is -2.53. The minimum Gasteiger partial charge on any atom is -0.352 e. The topological polar surface area (TPSA) is 110 Å². The summed E-state index contributed by atoms with van der Waals surface area (Å²) in [4.78, 5) is 51.0. The maximum atomic E-state index is 13.4. The Morgan fingerprint density at radius 3 is 2.28 bits per heavy atom. The minimum absolute atomic E-state index is 0.000734. The van der Waals surface area contributed by atoms with Crippen LogP contribution < -0.4 is 5.32 Å². The van der Waals surface area contributed by atoms with Gasteiger partial charge in [-0.25, -0.2) is 0 Å². The highest BCUT2D eigenvalue weighted by Gasteiger charge is 2.43. The number of non-ortho nitro benzene ring substituents is 1. The molecule has 8 nitrogen and oxygen atoms in total. The largest absolute Gasteiger partial charge is 0.352 e. The molecular formula is C24H25N3O5. The molecule has 1 aliphatic carbocycles. The average Bonchev–Trinajstić information content (AvgIpc) is 3.03. The Morgan fingerprint density at radius 2 is 1.72 bits per heavy atom. The number of nitro benzene ring substituents is 1. The summed E-state index contributed by atoms with van der Waals surface area (Å²) in [5, 5.41) is 14.0. The van der Waals surface area contributed by atoms with Gasteiger partial charge in [0.25, 0.3) is 17.5 Å². The van der Waals surface area contributed by atoms with Crippen LogP contribution in [0.1, 0.15) is 58.9 Å². The highest BCUT2D eigenvalue weighted by atomic mass is 16.6. The van der Waals surface area contributed by atoms with Crippen LogP contribution in [-0.4, -0.2) is 39.6 Å². The molecule has 1 N–H and O–H groups in total. The Balaban J connectivity index is 1.62. The number of hydrogen-bond acceptors (Lipinski definition) is 5. The number of carbonyl (C=O) groups is 3. The second-order valence-corrected chi connectivity index (χ2v) is 8.65. The lowest BCUT2D eigenvalue weighted by Gasteiger charge is -2.31. The van der Waals surface area contributed by atoms with E-state index in [9.17, 15) is 24.5 Å². The molecule has 2 aromatic carbocycles. The summed E-state index contributed by atoms with van der Waals surface area (Å²) in [5.74, 6) is -0.868. The molecule has 32 heavy (non-hydrogen) atoms. The number of carbonyl (C=O) groups excluding carboxylic acids is 3. The van der Waals surface area contributed by atoms with Crippen molar-refractivity contribution in [2.24, 2.45) is 5.92 Å². The molecule has 0 saturated heterocycles. The average molecular weight is 435 g/mol. The first-order valence-corrected chi connectivity index (χ1v) is 10.9. The van der Waals surface area contributed by atoms with Crippen molar-refractivity contribution in [1.29, 1.82) is 0 Å². The molecule has 0 radical (unpaired) electrons. The summed E-state index contributed by atoms with van der Waals surface area (Å²) < 4.78 is 0. The van der Waals surface area contributed by atoms with Crippen LogP contribution in [-0.2, 0) is 11.2 Å². The summed E-state index contributed by atoms with van der Waals surface area (Å²) in [6.45, 7) is 2.15. The number of fused-ring (bicyclic) bond motifs is 1. The third-order valence-corrected chi connectivity index (χ3v) is 6.30. The van der Waals surface area contributed by atoms with Gasteiger partial charge in [0.05, 0.1) is 16.1 Å². The van der Waals surface area contributed by atoms with Crippen LogP contribution in [0.25, 0.3) is 0 Å². The van der Waals surface area contributed by atoms with Crippen molar-refractivity contribution >= 4 is 23.4 Å². The monoisotopic (exact) mass is 435 g/mol. The van der Waals surface area contributed by atoms with E-state index in [0.29, 0.717) is 11.5 Å². The summed E-state index contributed by atoms with van der Waals surface area (Å²) >= 11 is 0. The molecule has 3 amide bonds. The molecule has 0 spiro atoms. The number of benzene rings is 2. The van der Waals surface area contributed by atoms with Gasteiger partial charge in [-0.1, -0.05) is 44.0 Å². The molecular weight excluding hydrogens is 410 g/mol. The first-order valence-electron chi connectivity index (χ1n) is 10.9. The molecule has 1 fully saturated rings. The quantitative estimate of drug-likeness (QED) is 0.424. The second-order valence-electron chi connectivity index (χ2n) is 8.65. The first-order chi connectivity index (χ1) is 15.3. The first kappa shape index (κ1) is 21.7. The summed E-state index contributed by atoms with van der Waals surface area (Å²) in [6, 6.07) is 11.3. The van der Waals surface area contributed by atoms with Gasteiger partial charge >= 0.3 is 0 Å². The van der Waals surface area contributed by atoms with Crippen molar-refractivity contribution in [3.05, 3.63) is 75.3 Å². The van der Waals surface area contributed by atoms with Crippen molar-refractivity contribution in [2.75, 3.05) is 0 Å². The van der Waals surface area contributed by atoms with Crippen LogP contribution in [0, 0.1) is 16.0 Å². The molecule has 3 unspecified atom stereocenters. The Kier molecular flexibility index (Phi) is 6.03. The van der Waals surface area contributed by atoms with Gasteiger partial charge in [-0.05, 0) is 36.5 Å². The Morgan fingerprint density at radius 1 is 1.09 bits per heavy atom.